The van der Waals surface area contributed by atoms with E-state index < -0.39 is 6.43 Å². The maximum Gasteiger partial charge on any atom is 0.265 e. The summed E-state index contributed by atoms with van der Waals surface area (Å²) in [5.41, 5.74) is 5.59. The lowest BCUT2D eigenvalue weighted by Gasteiger charge is -2.56. The van der Waals surface area contributed by atoms with Gasteiger partial charge in [0.15, 0.2) is 0 Å². The Bertz CT molecular complexity index is 926. The van der Waals surface area contributed by atoms with Crippen molar-refractivity contribution in [2.75, 3.05) is 0 Å². The highest BCUT2D eigenvalue weighted by molar-refractivity contribution is 5.78. The first-order chi connectivity index (χ1) is 13.8. The number of hydrogen-bond donors (Lipinski definition) is 0. The molecule has 5 rings (SSSR count). The van der Waals surface area contributed by atoms with Gasteiger partial charge in [0.1, 0.15) is 0 Å². The smallest absolute Gasteiger partial charge is 0.264 e. The first-order valence-corrected chi connectivity index (χ1v) is 11.2. The molecule has 0 aliphatic heterocycles. The van der Waals surface area contributed by atoms with Crippen LogP contribution in [0.1, 0.15) is 76.8 Å². The second-order valence-corrected chi connectivity index (χ2v) is 10.3. The Labute approximate surface area is 173 Å². The van der Waals surface area contributed by atoms with Crippen LogP contribution in [-0.2, 0) is 0 Å². The van der Waals surface area contributed by atoms with Gasteiger partial charge in [0, 0.05) is 23.4 Å². The van der Waals surface area contributed by atoms with Crippen molar-refractivity contribution in [2.45, 2.75) is 65.7 Å². The number of pyridine rings is 1. The molecule has 1 nitrogen and oxygen atoms in total. The lowest BCUT2D eigenvalue weighted by molar-refractivity contribution is 0.0682. The predicted octanol–water partition coefficient (Wildman–Crippen LogP) is 7.53. The molecule has 4 aliphatic rings. The SMILES string of the molecule is C[C@H]1CC[C@@]2(C)C(=CC[C@H]3C4=CC=C(c5cncc(C(F)F)c5)[C@@]4(C)CC[C@@H]32)C1. The van der Waals surface area contributed by atoms with Crippen LogP contribution in [0.3, 0.4) is 0 Å². The predicted molar refractivity (Wildman–Crippen MR) is 113 cm³/mol. The van der Waals surface area contributed by atoms with Crippen LogP contribution in [-0.4, -0.2) is 4.98 Å². The van der Waals surface area contributed by atoms with Gasteiger partial charge in [-0.05, 0) is 78.9 Å². The third-order valence-corrected chi connectivity index (χ3v) is 8.72. The summed E-state index contributed by atoms with van der Waals surface area (Å²) in [6.45, 7) is 7.24. The van der Waals surface area contributed by atoms with Crippen molar-refractivity contribution in [3.8, 4) is 0 Å². The molecule has 1 heterocycles. The fourth-order valence-electron chi connectivity index (χ4n) is 6.99. The quantitative estimate of drug-likeness (QED) is 0.472. The van der Waals surface area contributed by atoms with E-state index in [2.05, 4.69) is 44.0 Å². The molecule has 0 unspecified atom stereocenters. The van der Waals surface area contributed by atoms with Crippen LogP contribution in [0.25, 0.3) is 5.57 Å². The topological polar surface area (TPSA) is 12.9 Å². The highest BCUT2D eigenvalue weighted by Crippen LogP contribution is 2.65. The van der Waals surface area contributed by atoms with Crippen LogP contribution in [0.15, 0.2) is 47.8 Å². The number of nitrogens with zero attached hydrogens (tertiary/aromatic N) is 1. The third kappa shape index (κ3) is 2.79. The van der Waals surface area contributed by atoms with Gasteiger partial charge in [-0.2, -0.15) is 0 Å². The van der Waals surface area contributed by atoms with E-state index in [0.717, 1.165) is 24.3 Å². The third-order valence-electron chi connectivity index (χ3n) is 8.72. The minimum Gasteiger partial charge on any atom is -0.264 e. The molecule has 2 saturated carbocycles. The number of alkyl halides is 2. The van der Waals surface area contributed by atoms with Gasteiger partial charge in [0.05, 0.1) is 0 Å². The van der Waals surface area contributed by atoms with Gasteiger partial charge in [0.25, 0.3) is 6.43 Å². The molecule has 4 aliphatic carbocycles. The Balaban J connectivity index is 1.47. The summed E-state index contributed by atoms with van der Waals surface area (Å²) < 4.78 is 26.5. The lowest BCUT2D eigenvalue weighted by Crippen LogP contribution is -2.46. The molecule has 0 bridgehead atoms. The molecular weight excluding hydrogens is 364 g/mol. The zero-order valence-electron chi connectivity index (χ0n) is 17.7. The first-order valence-electron chi connectivity index (χ1n) is 11.2. The van der Waals surface area contributed by atoms with Gasteiger partial charge < -0.3 is 0 Å². The molecule has 3 heteroatoms. The maximum atomic E-state index is 13.2. The molecule has 0 amide bonds. The van der Waals surface area contributed by atoms with Gasteiger partial charge in [0.2, 0.25) is 0 Å². The van der Waals surface area contributed by atoms with Crippen LogP contribution in [0, 0.1) is 28.6 Å². The molecule has 1 aromatic rings. The van der Waals surface area contributed by atoms with Crippen LogP contribution < -0.4 is 0 Å². The fraction of sp³-hybridized carbons (Fsp3) is 0.577. The molecule has 0 spiro atoms. The van der Waals surface area contributed by atoms with Crippen molar-refractivity contribution in [1.29, 1.82) is 0 Å². The van der Waals surface area contributed by atoms with Crippen molar-refractivity contribution in [3.63, 3.8) is 0 Å². The lowest BCUT2D eigenvalue weighted by atomic mass is 9.48. The normalized spacial score (nSPS) is 38.6. The van der Waals surface area contributed by atoms with Crippen molar-refractivity contribution in [2.24, 2.45) is 28.6 Å². The molecule has 0 N–H and O–H groups in total. The molecule has 0 aromatic carbocycles. The monoisotopic (exact) mass is 395 g/mol. The largest absolute Gasteiger partial charge is 0.265 e. The van der Waals surface area contributed by atoms with E-state index in [1.54, 1.807) is 17.8 Å². The standard InChI is InChI=1S/C26H31F2N/c1-16-8-10-25(2)19(12-16)4-5-20-22-7-6-21(26(22,3)11-9-23(20)25)17-13-18(24(27)28)15-29-14-17/h4,6-7,13-16,20,23-24H,5,8-12H2,1-3H3/t16-,20-,23-,25-,26+/m0/s1. The van der Waals surface area contributed by atoms with Gasteiger partial charge in [-0.3, -0.25) is 4.98 Å². The molecule has 0 radical (unpaired) electrons. The Morgan fingerprint density at radius 2 is 1.93 bits per heavy atom. The fourth-order valence-corrected chi connectivity index (χ4v) is 6.99. The minimum absolute atomic E-state index is 0.0169. The van der Waals surface area contributed by atoms with E-state index in [4.69, 9.17) is 0 Å². The van der Waals surface area contributed by atoms with Crippen molar-refractivity contribution < 1.29 is 8.78 Å². The summed E-state index contributed by atoms with van der Waals surface area (Å²) in [7, 11) is 0. The number of rotatable bonds is 2. The van der Waals surface area contributed by atoms with Crippen LogP contribution >= 0.6 is 0 Å². The Morgan fingerprint density at radius 1 is 1.10 bits per heavy atom. The molecule has 154 valence electrons. The summed E-state index contributed by atoms with van der Waals surface area (Å²) in [5.74, 6) is 2.11. The average Bonchev–Trinajstić information content (AvgIpc) is 3.06. The van der Waals surface area contributed by atoms with Gasteiger partial charge in [-0.25, -0.2) is 8.78 Å². The van der Waals surface area contributed by atoms with E-state index in [-0.39, 0.29) is 11.0 Å². The molecule has 29 heavy (non-hydrogen) atoms. The summed E-state index contributed by atoms with van der Waals surface area (Å²) in [6.07, 6.45) is 15.0. The molecule has 5 atom stereocenters. The van der Waals surface area contributed by atoms with Crippen molar-refractivity contribution in [1.82, 2.24) is 4.98 Å². The van der Waals surface area contributed by atoms with Crippen molar-refractivity contribution in [3.05, 3.63) is 59.0 Å². The van der Waals surface area contributed by atoms with Crippen LogP contribution in [0.5, 0.6) is 0 Å². The summed E-state index contributed by atoms with van der Waals surface area (Å²) in [5, 5.41) is 0. The van der Waals surface area contributed by atoms with E-state index in [1.165, 1.54) is 43.0 Å². The zero-order chi connectivity index (χ0) is 20.4. The number of allylic oxidation sites excluding steroid dienone is 6. The summed E-state index contributed by atoms with van der Waals surface area (Å²) >= 11 is 0. The highest BCUT2D eigenvalue weighted by Gasteiger charge is 2.54. The van der Waals surface area contributed by atoms with E-state index >= 15 is 0 Å². The molecule has 0 saturated heterocycles. The Morgan fingerprint density at radius 3 is 2.72 bits per heavy atom. The molecule has 1 aromatic heterocycles. The molecule has 2 fully saturated rings. The number of hydrogen-bond acceptors (Lipinski definition) is 1. The Hall–Kier alpha value is -1.77. The maximum absolute atomic E-state index is 13.2. The van der Waals surface area contributed by atoms with E-state index in [9.17, 15) is 8.78 Å². The minimum atomic E-state index is -2.48. The summed E-state index contributed by atoms with van der Waals surface area (Å²) in [6, 6.07) is 1.64. The summed E-state index contributed by atoms with van der Waals surface area (Å²) in [4.78, 5) is 4.12. The average molecular weight is 396 g/mol. The second-order valence-electron chi connectivity index (χ2n) is 10.3. The van der Waals surface area contributed by atoms with Gasteiger partial charge >= 0.3 is 0 Å². The zero-order valence-corrected chi connectivity index (χ0v) is 17.7. The van der Waals surface area contributed by atoms with Crippen LogP contribution in [0.2, 0.25) is 0 Å². The van der Waals surface area contributed by atoms with E-state index in [1.807, 2.05) is 0 Å². The number of halogens is 2. The van der Waals surface area contributed by atoms with E-state index in [0.29, 0.717) is 17.3 Å². The second kappa shape index (κ2) is 6.62. The number of fused-ring (bicyclic) bond motifs is 5. The Kier molecular flexibility index (Phi) is 4.38. The van der Waals surface area contributed by atoms with Gasteiger partial charge in [-0.15, -0.1) is 0 Å². The highest BCUT2D eigenvalue weighted by atomic mass is 19.3. The van der Waals surface area contributed by atoms with Crippen molar-refractivity contribution >= 4 is 5.57 Å². The number of aromatic nitrogens is 1. The van der Waals surface area contributed by atoms with Crippen LogP contribution in [0.4, 0.5) is 8.78 Å². The first kappa shape index (κ1) is 19.2. The van der Waals surface area contributed by atoms with Gasteiger partial charge in [-0.1, -0.05) is 50.1 Å². The molecular formula is C26H31F2N.